The van der Waals surface area contributed by atoms with E-state index in [0.717, 1.165) is 5.56 Å². The van der Waals surface area contributed by atoms with Gasteiger partial charge in [0, 0.05) is 13.1 Å². The number of carboxylic acids is 1. The van der Waals surface area contributed by atoms with Gasteiger partial charge in [-0.1, -0.05) is 12.1 Å². The van der Waals surface area contributed by atoms with Crippen LogP contribution in [0.15, 0.2) is 24.3 Å². The number of primary amides is 1. The first-order valence-corrected chi connectivity index (χ1v) is 6.57. The molecule has 114 valence electrons. The van der Waals surface area contributed by atoms with E-state index in [1.807, 2.05) is 0 Å². The number of nitrogens with zero attached hydrogens (tertiary/aromatic N) is 1. The van der Waals surface area contributed by atoms with Crippen molar-refractivity contribution in [3.63, 3.8) is 0 Å². The fourth-order valence-electron chi connectivity index (χ4n) is 1.80. The van der Waals surface area contributed by atoms with E-state index in [0.29, 0.717) is 19.5 Å². The third-order valence-corrected chi connectivity index (χ3v) is 2.88. The number of aromatic carboxylic acids is 1. The molecule has 1 aromatic rings. The van der Waals surface area contributed by atoms with Gasteiger partial charge in [0.25, 0.3) is 0 Å². The van der Waals surface area contributed by atoms with Crippen molar-refractivity contribution in [1.82, 2.24) is 10.2 Å². The molecule has 0 atom stereocenters. The van der Waals surface area contributed by atoms with Crippen molar-refractivity contribution in [3.8, 4) is 0 Å². The Labute approximate surface area is 122 Å². The average Bonchev–Trinajstić information content (AvgIpc) is 2.44. The maximum atomic E-state index is 11.8. The molecule has 0 aliphatic rings. The second-order valence-electron chi connectivity index (χ2n) is 4.47. The minimum Gasteiger partial charge on any atom is -0.478 e. The molecule has 4 N–H and O–H groups in total. The van der Waals surface area contributed by atoms with Crippen molar-refractivity contribution in [3.05, 3.63) is 35.4 Å². The number of carboxylic acid groups (broad SMARTS) is 1. The van der Waals surface area contributed by atoms with Gasteiger partial charge in [0.15, 0.2) is 0 Å². The molecule has 0 aliphatic carbocycles. The summed E-state index contributed by atoms with van der Waals surface area (Å²) in [6, 6.07) is 6.16. The molecular formula is C14H19N3O4. The minimum absolute atomic E-state index is 0.128. The molecule has 0 aromatic heterocycles. The molecule has 0 fully saturated rings. The van der Waals surface area contributed by atoms with Gasteiger partial charge >= 0.3 is 12.0 Å². The molecule has 0 aliphatic heterocycles. The first-order chi connectivity index (χ1) is 9.93. The Hall–Kier alpha value is -2.57. The average molecular weight is 293 g/mol. The first-order valence-electron chi connectivity index (χ1n) is 6.57. The number of carbonyl (C=O) groups is 3. The summed E-state index contributed by atoms with van der Waals surface area (Å²) in [6.45, 7) is 2.34. The van der Waals surface area contributed by atoms with E-state index in [2.05, 4.69) is 5.32 Å². The van der Waals surface area contributed by atoms with E-state index in [1.54, 1.807) is 25.1 Å². The number of benzene rings is 1. The van der Waals surface area contributed by atoms with Crippen LogP contribution in [-0.4, -0.2) is 47.5 Å². The van der Waals surface area contributed by atoms with Crippen LogP contribution in [-0.2, 0) is 11.2 Å². The van der Waals surface area contributed by atoms with E-state index in [-0.39, 0.29) is 18.1 Å². The predicted octanol–water partition coefficient (Wildman–Crippen LogP) is 0.444. The lowest BCUT2D eigenvalue weighted by molar-refractivity contribution is -0.118. The van der Waals surface area contributed by atoms with Gasteiger partial charge < -0.3 is 21.1 Å². The molecule has 0 heterocycles. The summed E-state index contributed by atoms with van der Waals surface area (Å²) >= 11 is 0. The van der Waals surface area contributed by atoms with E-state index in [4.69, 9.17) is 10.8 Å². The lowest BCUT2D eigenvalue weighted by atomic mass is 10.1. The molecule has 0 radical (unpaired) electrons. The quantitative estimate of drug-likeness (QED) is 0.677. The highest BCUT2D eigenvalue weighted by Crippen LogP contribution is 2.05. The molecule has 0 bridgehead atoms. The predicted molar refractivity (Wildman–Crippen MR) is 76.9 cm³/mol. The highest BCUT2D eigenvalue weighted by Gasteiger charge is 2.13. The molecule has 0 unspecified atom stereocenters. The number of rotatable bonds is 7. The summed E-state index contributed by atoms with van der Waals surface area (Å²) in [4.78, 5) is 34.8. The molecule has 0 spiro atoms. The Kier molecular flexibility index (Phi) is 6.19. The van der Waals surface area contributed by atoms with Gasteiger partial charge in [-0.05, 0) is 31.0 Å². The highest BCUT2D eigenvalue weighted by molar-refractivity contribution is 5.87. The van der Waals surface area contributed by atoms with E-state index >= 15 is 0 Å². The van der Waals surface area contributed by atoms with Crippen molar-refractivity contribution >= 4 is 17.9 Å². The maximum absolute atomic E-state index is 11.8. The zero-order valence-corrected chi connectivity index (χ0v) is 11.8. The zero-order chi connectivity index (χ0) is 15.8. The van der Waals surface area contributed by atoms with Gasteiger partial charge in [-0.25, -0.2) is 9.59 Å². The van der Waals surface area contributed by atoms with Crippen LogP contribution in [0.1, 0.15) is 22.8 Å². The number of hydrogen-bond donors (Lipinski definition) is 3. The van der Waals surface area contributed by atoms with Gasteiger partial charge in [-0.15, -0.1) is 0 Å². The lowest BCUT2D eigenvalue weighted by Crippen LogP contribution is -2.44. The monoisotopic (exact) mass is 293 g/mol. The fraction of sp³-hybridized carbons (Fsp3) is 0.357. The van der Waals surface area contributed by atoms with Gasteiger partial charge in [-0.3, -0.25) is 4.79 Å². The summed E-state index contributed by atoms with van der Waals surface area (Å²) in [5.41, 5.74) is 6.08. The van der Waals surface area contributed by atoms with Gasteiger partial charge in [0.1, 0.15) is 6.54 Å². The number of amides is 3. The van der Waals surface area contributed by atoms with E-state index in [9.17, 15) is 14.4 Å². The number of nitrogens with two attached hydrogens (primary N) is 1. The summed E-state index contributed by atoms with van der Waals surface area (Å²) < 4.78 is 0. The lowest BCUT2D eigenvalue weighted by Gasteiger charge is -2.19. The van der Waals surface area contributed by atoms with Crippen molar-refractivity contribution < 1.29 is 19.5 Å². The Morgan fingerprint density at radius 2 is 2.05 bits per heavy atom. The summed E-state index contributed by atoms with van der Waals surface area (Å²) in [5, 5.41) is 11.6. The third-order valence-electron chi connectivity index (χ3n) is 2.88. The van der Waals surface area contributed by atoms with Crippen LogP contribution in [0, 0.1) is 0 Å². The molecule has 7 heteroatoms. The zero-order valence-electron chi connectivity index (χ0n) is 11.8. The van der Waals surface area contributed by atoms with Crippen LogP contribution >= 0.6 is 0 Å². The summed E-state index contributed by atoms with van der Waals surface area (Å²) in [5.74, 6) is -1.55. The number of urea groups is 1. The molecule has 7 nitrogen and oxygen atoms in total. The van der Waals surface area contributed by atoms with E-state index < -0.39 is 11.9 Å². The second-order valence-corrected chi connectivity index (χ2v) is 4.47. The van der Waals surface area contributed by atoms with Crippen molar-refractivity contribution in [2.24, 2.45) is 5.73 Å². The Morgan fingerprint density at radius 3 is 2.62 bits per heavy atom. The van der Waals surface area contributed by atoms with Gasteiger partial charge in [0.2, 0.25) is 5.91 Å². The smallest absolute Gasteiger partial charge is 0.335 e. The molecular weight excluding hydrogens is 274 g/mol. The topological polar surface area (TPSA) is 113 Å². The number of likely N-dealkylation sites (N-methyl/N-ethyl adjacent to an activating group) is 1. The minimum atomic E-state index is -0.987. The van der Waals surface area contributed by atoms with Gasteiger partial charge in [0.05, 0.1) is 5.56 Å². The fourth-order valence-corrected chi connectivity index (χ4v) is 1.80. The van der Waals surface area contributed by atoms with Crippen molar-refractivity contribution in [1.29, 1.82) is 0 Å². The van der Waals surface area contributed by atoms with Crippen LogP contribution < -0.4 is 11.1 Å². The third kappa shape index (κ3) is 5.52. The molecule has 0 saturated carbocycles. The molecule has 0 saturated heterocycles. The van der Waals surface area contributed by atoms with Crippen LogP contribution in [0.5, 0.6) is 0 Å². The summed E-state index contributed by atoms with van der Waals surface area (Å²) in [6.07, 6.45) is 0.501. The van der Waals surface area contributed by atoms with Gasteiger partial charge in [-0.2, -0.15) is 0 Å². The van der Waals surface area contributed by atoms with Crippen LogP contribution in [0.3, 0.4) is 0 Å². The van der Waals surface area contributed by atoms with Crippen LogP contribution in [0.4, 0.5) is 4.79 Å². The largest absolute Gasteiger partial charge is 0.478 e. The molecule has 1 aromatic carbocycles. The second kappa shape index (κ2) is 7.88. The number of nitrogens with one attached hydrogen (secondary N) is 1. The summed E-state index contributed by atoms with van der Waals surface area (Å²) in [7, 11) is 0. The molecule has 21 heavy (non-hydrogen) atoms. The van der Waals surface area contributed by atoms with Crippen molar-refractivity contribution in [2.45, 2.75) is 13.3 Å². The number of hydrogen-bond acceptors (Lipinski definition) is 3. The normalized spacial score (nSPS) is 9.95. The number of carbonyl (C=O) groups excluding carboxylic acids is 2. The standard InChI is InChI=1S/C14H19N3O4/c1-2-17(9-12(15)18)14(21)16-7-6-10-4-3-5-11(8-10)13(19)20/h3-5,8H,2,6-7,9H2,1H3,(H2,15,18)(H,16,21)(H,19,20). The van der Waals surface area contributed by atoms with Crippen LogP contribution in [0.25, 0.3) is 0 Å². The van der Waals surface area contributed by atoms with Crippen molar-refractivity contribution in [2.75, 3.05) is 19.6 Å². The highest BCUT2D eigenvalue weighted by atomic mass is 16.4. The Balaban J connectivity index is 2.49. The first kappa shape index (κ1) is 16.5. The van der Waals surface area contributed by atoms with Crippen LogP contribution in [0.2, 0.25) is 0 Å². The maximum Gasteiger partial charge on any atom is 0.335 e. The van der Waals surface area contributed by atoms with E-state index in [1.165, 1.54) is 11.0 Å². The Morgan fingerprint density at radius 1 is 1.33 bits per heavy atom. The Bertz CT molecular complexity index is 531. The molecule has 1 rings (SSSR count). The SMILES string of the molecule is CCN(CC(N)=O)C(=O)NCCc1cccc(C(=O)O)c1. The molecule has 3 amide bonds.